The second-order valence-electron chi connectivity index (χ2n) is 5.62. The van der Waals surface area contributed by atoms with Crippen LogP contribution in [0.3, 0.4) is 0 Å². The summed E-state index contributed by atoms with van der Waals surface area (Å²) in [5.41, 5.74) is 3.82. The van der Waals surface area contributed by atoms with Crippen LogP contribution in [0.1, 0.15) is 28.3 Å². The third-order valence-electron chi connectivity index (χ3n) is 3.96. The van der Waals surface area contributed by atoms with Gasteiger partial charge in [0, 0.05) is 25.1 Å². The maximum atomic E-state index is 12.9. The van der Waals surface area contributed by atoms with E-state index in [2.05, 4.69) is 15.3 Å². The van der Waals surface area contributed by atoms with Gasteiger partial charge in [-0.1, -0.05) is 30.3 Å². The molecule has 0 saturated carbocycles. The van der Waals surface area contributed by atoms with Crippen molar-refractivity contribution in [3.8, 4) is 0 Å². The number of pyridine rings is 2. The van der Waals surface area contributed by atoms with E-state index in [0.717, 1.165) is 22.4 Å². The van der Waals surface area contributed by atoms with Crippen molar-refractivity contribution in [2.24, 2.45) is 0 Å². The number of amides is 1. The summed E-state index contributed by atoms with van der Waals surface area (Å²) >= 11 is 0. The Balaban J connectivity index is 1.87. The molecule has 4 nitrogen and oxygen atoms in total. The third-order valence-corrected chi connectivity index (χ3v) is 3.96. The number of aryl methyl sites for hydroxylation is 1. The van der Waals surface area contributed by atoms with Crippen molar-refractivity contribution in [2.45, 2.75) is 19.4 Å². The number of carbonyl (C=O) groups excluding carboxylic acids is 1. The van der Waals surface area contributed by atoms with Gasteiger partial charge >= 0.3 is 0 Å². The molecule has 24 heavy (non-hydrogen) atoms. The van der Waals surface area contributed by atoms with Crippen molar-refractivity contribution in [3.63, 3.8) is 0 Å². The van der Waals surface area contributed by atoms with E-state index >= 15 is 0 Å². The molecule has 2 aromatic heterocycles. The zero-order valence-corrected chi connectivity index (χ0v) is 13.5. The molecule has 1 unspecified atom stereocenters. The Bertz CT molecular complexity index is 803. The van der Waals surface area contributed by atoms with Gasteiger partial charge in [-0.25, -0.2) is 0 Å². The maximum absolute atomic E-state index is 12.9. The highest BCUT2D eigenvalue weighted by Crippen LogP contribution is 2.26. The Kier molecular flexibility index (Phi) is 4.96. The maximum Gasteiger partial charge on any atom is 0.233 e. The average Bonchev–Trinajstić information content (AvgIpc) is 2.64. The Labute approximate surface area is 141 Å². The van der Waals surface area contributed by atoms with Gasteiger partial charge in [-0.05, 0) is 47.9 Å². The molecular formula is C20H19N3O. The molecule has 1 atom stereocenters. The molecule has 0 bridgehead atoms. The lowest BCUT2D eigenvalue weighted by Gasteiger charge is -2.19. The van der Waals surface area contributed by atoms with Crippen LogP contribution in [0.5, 0.6) is 0 Å². The largest absolute Gasteiger partial charge is 0.351 e. The van der Waals surface area contributed by atoms with Gasteiger partial charge in [0.15, 0.2) is 0 Å². The standard InChI is InChI=1S/C20H19N3O/c1-15-6-2-3-7-17(15)19(18-8-4-5-11-22-18)20(24)23-14-16-9-12-21-13-10-16/h2-13,19H,14H2,1H3,(H,23,24). The SMILES string of the molecule is Cc1ccccc1C(C(=O)NCc1ccncc1)c1ccccn1. The molecule has 2 heterocycles. The Morgan fingerprint density at radius 2 is 1.75 bits per heavy atom. The first kappa shape index (κ1) is 15.9. The predicted octanol–water partition coefficient (Wildman–Crippen LogP) is 3.23. The molecule has 1 N–H and O–H groups in total. The highest BCUT2D eigenvalue weighted by molar-refractivity contribution is 5.87. The second kappa shape index (κ2) is 7.51. The third kappa shape index (κ3) is 3.66. The number of hydrogen-bond acceptors (Lipinski definition) is 3. The van der Waals surface area contributed by atoms with Crippen molar-refractivity contribution in [1.29, 1.82) is 0 Å². The number of rotatable bonds is 5. The lowest BCUT2D eigenvalue weighted by Crippen LogP contribution is -2.30. The summed E-state index contributed by atoms with van der Waals surface area (Å²) in [5.74, 6) is -0.478. The molecule has 0 spiro atoms. The Morgan fingerprint density at radius 3 is 2.46 bits per heavy atom. The molecule has 0 aliphatic rings. The minimum absolute atomic E-state index is 0.0557. The molecule has 0 radical (unpaired) electrons. The van der Waals surface area contributed by atoms with Crippen LogP contribution in [0.25, 0.3) is 0 Å². The molecule has 0 saturated heterocycles. The number of nitrogens with zero attached hydrogens (tertiary/aromatic N) is 2. The summed E-state index contributed by atoms with van der Waals surface area (Å²) in [6.07, 6.45) is 5.16. The molecule has 1 aromatic carbocycles. The van der Waals surface area contributed by atoms with Crippen molar-refractivity contribution in [2.75, 3.05) is 0 Å². The average molecular weight is 317 g/mol. The van der Waals surface area contributed by atoms with Gasteiger partial charge in [0.2, 0.25) is 5.91 Å². The van der Waals surface area contributed by atoms with Crippen LogP contribution in [-0.2, 0) is 11.3 Å². The van der Waals surface area contributed by atoms with Crippen LogP contribution in [-0.4, -0.2) is 15.9 Å². The molecule has 0 aliphatic carbocycles. The highest BCUT2D eigenvalue weighted by atomic mass is 16.1. The summed E-state index contributed by atoms with van der Waals surface area (Å²) in [5, 5.41) is 3.02. The van der Waals surface area contributed by atoms with E-state index in [0.29, 0.717) is 6.54 Å². The van der Waals surface area contributed by atoms with E-state index in [4.69, 9.17) is 0 Å². The zero-order valence-electron chi connectivity index (χ0n) is 13.5. The van der Waals surface area contributed by atoms with E-state index < -0.39 is 5.92 Å². The van der Waals surface area contributed by atoms with Crippen molar-refractivity contribution < 1.29 is 4.79 Å². The van der Waals surface area contributed by atoms with Crippen LogP contribution in [0.15, 0.2) is 73.2 Å². The molecule has 120 valence electrons. The quantitative estimate of drug-likeness (QED) is 0.786. The smallest absolute Gasteiger partial charge is 0.233 e. The highest BCUT2D eigenvalue weighted by Gasteiger charge is 2.24. The summed E-state index contributed by atoms with van der Waals surface area (Å²) in [6.45, 7) is 2.48. The summed E-state index contributed by atoms with van der Waals surface area (Å²) in [6, 6.07) is 17.4. The zero-order chi connectivity index (χ0) is 16.8. The van der Waals surface area contributed by atoms with Gasteiger partial charge in [0.25, 0.3) is 0 Å². The normalized spacial score (nSPS) is 11.7. The molecule has 3 rings (SSSR count). The fourth-order valence-corrected chi connectivity index (χ4v) is 2.68. The number of nitrogens with one attached hydrogen (secondary N) is 1. The number of carbonyl (C=O) groups is 1. The molecule has 3 aromatic rings. The van der Waals surface area contributed by atoms with Crippen molar-refractivity contribution in [1.82, 2.24) is 15.3 Å². The van der Waals surface area contributed by atoms with Crippen LogP contribution in [0.4, 0.5) is 0 Å². The van der Waals surface area contributed by atoms with Crippen LogP contribution in [0, 0.1) is 6.92 Å². The first-order valence-electron chi connectivity index (χ1n) is 7.89. The number of benzene rings is 1. The van der Waals surface area contributed by atoms with E-state index in [-0.39, 0.29) is 5.91 Å². The fraction of sp³-hybridized carbons (Fsp3) is 0.150. The van der Waals surface area contributed by atoms with Crippen LogP contribution >= 0.6 is 0 Å². The van der Waals surface area contributed by atoms with Gasteiger partial charge in [0.05, 0.1) is 5.69 Å². The molecule has 4 heteroatoms. The first-order valence-corrected chi connectivity index (χ1v) is 7.89. The van der Waals surface area contributed by atoms with Gasteiger partial charge in [-0.3, -0.25) is 14.8 Å². The topological polar surface area (TPSA) is 54.9 Å². The minimum Gasteiger partial charge on any atom is -0.351 e. The Morgan fingerprint density at radius 1 is 1.00 bits per heavy atom. The van der Waals surface area contributed by atoms with Crippen molar-refractivity contribution >= 4 is 5.91 Å². The number of aromatic nitrogens is 2. The van der Waals surface area contributed by atoms with Gasteiger partial charge in [-0.15, -0.1) is 0 Å². The summed E-state index contributed by atoms with van der Waals surface area (Å²) in [7, 11) is 0. The first-order chi connectivity index (χ1) is 11.8. The van der Waals surface area contributed by atoms with Gasteiger partial charge in [-0.2, -0.15) is 0 Å². The second-order valence-corrected chi connectivity index (χ2v) is 5.62. The fourth-order valence-electron chi connectivity index (χ4n) is 2.68. The van der Waals surface area contributed by atoms with Crippen LogP contribution in [0.2, 0.25) is 0 Å². The lowest BCUT2D eigenvalue weighted by molar-refractivity contribution is -0.121. The lowest BCUT2D eigenvalue weighted by atomic mass is 9.90. The van der Waals surface area contributed by atoms with Gasteiger partial charge in [0.1, 0.15) is 5.92 Å². The summed E-state index contributed by atoms with van der Waals surface area (Å²) in [4.78, 5) is 21.3. The Hall–Kier alpha value is -3.01. The van der Waals surface area contributed by atoms with Crippen molar-refractivity contribution in [3.05, 3.63) is 95.6 Å². The number of hydrogen-bond donors (Lipinski definition) is 1. The summed E-state index contributed by atoms with van der Waals surface area (Å²) < 4.78 is 0. The monoisotopic (exact) mass is 317 g/mol. The minimum atomic E-state index is -0.422. The van der Waals surface area contributed by atoms with E-state index in [1.54, 1.807) is 18.6 Å². The van der Waals surface area contributed by atoms with Crippen LogP contribution < -0.4 is 5.32 Å². The van der Waals surface area contributed by atoms with E-state index in [1.807, 2.05) is 61.5 Å². The molecular weight excluding hydrogens is 298 g/mol. The van der Waals surface area contributed by atoms with E-state index in [1.165, 1.54) is 0 Å². The van der Waals surface area contributed by atoms with Gasteiger partial charge < -0.3 is 5.32 Å². The molecule has 1 amide bonds. The predicted molar refractivity (Wildman–Crippen MR) is 93.3 cm³/mol. The van der Waals surface area contributed by atoms with E-state index in [9.17, 15) is 4.79 Å². The molecule has 0 fully saturated rings. The molecule has 0 aliphatic heterocycles.